The third kappa shape index (κ3) is 3.69. The van der Waals surface area contributed by atoms with Crippen molar-refractivity contribution in [1.82, 2.24) is 24.9 Å². The van der Waals surface area contributed by atoms with E-state index in [2.05, 4.69) is 26.8 Å². The molecule has 2 aliphatic carbocycles. The number of hydrogen-bond acceptors (Lipinski definition) is 6. The average Bonchev–Trinajstić information content (AvgIpc) is 3.46. The normalized spacial score (nSPS) is 18.2. The quantitative estimate of drug-likeness (QED) is 0.418. The zero-order valence-electron chi connectivity index (χ0n) is 18.0. The van der Waals surface area contributed by atoms with E-state index in [-0.39, 0.29) is 5.91 Å². The molecule has 1 aromatic carbocycles. The largest absolute Gasteiger partial charge is 0.351 e. The van der Waals surface area contributed by atoms with Crippen molar-refractivity contribution >= 4 is 44.9 Å². The van der Waals surface area contributed by atoms with Crippen LogP contribution in [0.25, 0.3) is 15.9 Å². The van der Waals surface area contributed by atoms with Crippen molar-refractivity contribution in [2.45, 2.75) is 56.6 Å². The van der Waals surface area contributed by atoms with E-state index in [4.69, 9.17) is 4.98 Å². The first-order valence-electron chi connectivity index (χ1n) is 11.3. The summed E-state index contributed by atoms with van der Waals surface area (Å²) in [6.07, 6.45) is 5.77. The molecule has 4 aromatic rings. The molecule has 1 amide bonds. The van der Waals surface area contributed by atoms with Crippen LogP contribution in [0.5, 0.6) is 0 Å². The summed E-state index contributed by atoms with van der Waals surface area (Å²) in [6, 6.07) is 9.97. The first kappa shape index (κ1) is 20.2. The number of benzene rings is 1. The van der Waals surface area contributed by atoms with Crippen LogP contribution in [0.2, 0.25) is 0 Å². The Morgan fingerprint density at radius 2 is 2.06 bits per heavy atom. The number of fused-ring (bicyclic) bond motifs is 5. The molecule has 0 spiro atoms. The summed E-state index contributed by atoms with van der Waals surface area (Å²) >= 11 is 3.30. The zero-order valence-corrected chi connectivity index (χ0v) is 19.6. The lowest BCUT2D eigenvalue weighted by molar-refractivity contribution is -0.118. The molecule has 1 N–H and O–H groups in total. The van der Waals surface area contributed by atoms with Crippen LogP contribution in [0.3, 0.4) is 0 Å². The number of amides is 1. The monoisotopic (exact) mass is 463 g/mol. The summed E-state index contributed by atoms with van der Waals surface area (Å²) in [5, 5.41) is 14.1. The number of thioether (sulfide) groups is 1. The second-order valence-electron chi connectivity index (χ2n) is 8.97. The molecule has 1 saturated carbocycles. The lowest BCUT2D eigenvalue weighted by Crippen LogP contribution is -2.24. The fraction of sp³-hybridized carbons (Fsp3) is 0.417. The van der Waals surface area contributed by atoms with Crippen molar-refractivity contribution < 1.29 is 4.79 Å². The first-order valence-corrected chi connectivity index (χ1v) is 13.1. The van der Waals surface area contributed by atoms with E-state index in [0.717, 1.165) is 58.6 Å². The Labute approximate surface area is 194 Å². The molecular formula is C24H25N5OS2. The third-order valence-corrected chi connectivity index (χ3v) is 8.48. The topological polar surface area (TPSA) is 72.2 Å². The summed E-state index contributed by atoms with van der Waals surface area (Å²) in [5.74, 6) is 2.58. The first-order chi connectivity index (χ1) is 15.7. The Morgan fingerprint density at radius 1 is 1.22 bits per heavy atom. The number of carbonyl (C=O) groups excluding carboxylic acids is 1. The van der Waals surface area contributed by atoms with Crippen LogP contribution in [0.1, 0.15) is 53.9 Å². The zero-order chi connectivity index (χ0) is 21.7. The van der Waals surface area contributed by atoms with Gasteiger partial charge < -0.3 is 5.32 Å². The number of rotatable bonds is 6. The lowest BCUT2D eigenvalue weighted by atomic mass is 9.89. The van der Waals surface area contributed by atoms with Crippen molar-refractivity contribution in [2.75, 3.05) is 5.75 Å². The van der Waals surface area contributed by atoms with Gasteiger partial charge in [0.25, 0.3) is 0 Å². The van der Waals surface area contributed by atoms with Gasteiger partial charge in [0, 0.05) is 17.3 Å². The van der Waals surface area contributed by atoms with Gasteiger partial charge in [0.15, 0.2) is 10.8 Å². The van der Waals surface area contributed by atoms with Gasteiger partial charge in [-0.15, -0.1) is 21.5 Å². The van der Waals surface area contributed by atoms with E-state index in [9.17, 15) is 4.79 Å². The molecule has 3 aromatic heterocycles. The summed E-state index contributed by atoms with van der Waals surface area (Å²) in [6.45, 7) is 2.87. The molecule has 3 heterocycles. The van der Waals surface area contributed by atoms with Gasteiger partial charge in [-0.2, -0.15) is 0 Å². The second-order valence-corrected chi connectivity index (χ2v) is 11.0. The smallest absolute Gasteiger partial charge is 0.230 e. The van der Waals surface area contributed by atoms with E-state index in [1.54, 1.807) is 0 Å². The summed E-state index contributed by atoms with van der Waals surface area (Å²) in [4.78, 5) is 20.2. The Hall–Kier alpha value is -2.45. The van der Waals surface area contributed by atoms with Gasteiger partial charge in [-0.3, -0.25) is 9.20 Å². The van der Waals surface area contributed by atoms with E-state index < -0.39 is 0 Å². The van der Waals surface area contributed by atoms with Crippen LogP contribution in [-0.4, -0.2) is 31.2 Å². The van der Waals surface area contributed by atoms with E-state index in [1.165, 1.54) is 34.0 Å². The number of thiophene rings is 1. The average molecular weight is 464 g/mol. The van der Waals surface area contributed by atoms with Crippen LogP contribution in [0, 0.1) is 5.92 Å². The van der Waals surface area contributed by atoms with Crippen LogP contribution in [-0.2, 0) is 24.2 Å². The molecule has 6 rings (SSSR count). The van der Waals surface area contributed by atoms with Crippen molar-refractivity contribution in [1.29, 1.82) is 0 Å². The molecule has 1 fully saturated rings. The summed E-state index contributed by atoms with van der Waals surface area (Å²) in [7, 11) is 0. The molecular weight excluding hydrogens is 438 g/mol. The minimum Gasteiger partial charge on any atom is -0.351 e. The Kier molecular flexibility index (Phi) is 5.14. The highest BCUT2D eigenvalue weighted by atomic mass is 32.2. The van der Waals surface area contributed by atoms with Gasteiger partial charge in [0.1, 0.15) is 10.7 Å². The fourth-order valence-corrected chi connectivity index (χ4v) is 6.68. The molecule has 0 saturated heterocycles. The van der Waals surface area contributed by atoms with Gasteiger partial charge in [0.05, 0.1) is 11.1 Å². The van der Waals surface area contributed by atoms with Gasteiger partial charge in [-0.25, -0.2) is 4.98 Å². The number of aryl methyl sites for hydroxylation is 1. The van der Waals surface area contributed by atoms with Crippen molar-refractivity contribution in [3.63, 3.8) is 0 Å². The predicted octanol–water partition coefficient (Wildman–Crippen LogP) is 4.75. The fourth-order valence-electron chi connectivity index (χ4n) is 4.52. The van der Waals surface area contributed by atoms with Crippen LogP contribution in [0.15, 0.2) is 35.5 Å². The van der Waals surface area contributed by atoms with Gasteiger partial charge >= 0.3 is 0 Å². The molecule has 6 nitrogen and oxygen atoms in total. The second kappa shape index (κ2) is 8.15. The number of carbonyl (C=O) groups is 1. The SMILES string of the molecule is C[C@H]1CCc2c(sc3nc(C4CC4)n4c(SCC(=O)NCc5ccccc5)nnc4c23)C1. The van der Waals surface area contributed by atoms with Crippen molar-refractivity contribution in [3.05, 3.63) is 52.2 Å². The highest BCUT2D eigenvalue weighted by Gasteiger charge is 2.32. The number of hydrogen-bond donors (Lipinski definition) is 1. The highest BCUT2D eigenvalue weighted by molar-refractivity contribution is 7.99. The standard InChI is InChI=1S/C24H25N5OS2/c1-14-7-10-17-18(11-14)32-23-20(17)22-27-28-24(29(22)21(26-23)16-8-9-16)31-13-19(30)25-12-15-5-3-2-4-6-15/h2-6,14,16H,7-13H2,1H3,(H,25,30)/t14-/m0/s1. The molecule has 0 radical (unpaired) electrons. The van der Waals surface area contributed by atoms with Gasteiger partial charge in [-0.1, -0.05) is 49.0 Å². The summed E-state index contributed by atoms with van der Waals surface area (Å²) in [5.41, 5.74) is 3.45. The van der Waals surface area contributed by atoms with Crippen molar-refractivity contribution in [3.8, 4) is 0 Å². The number of nitrogens with one attached hydrogen (secondary N) is 1. The van der Waals surface area contributed by atoms with Gasteiger partial charge in [0.2, 0.25) is 5.91 Å². The maximum atomic E-state index is 12.5. The maximum absolute atomic E-state index is 12.5. The van der Waals surface area contributed by atoms with Crippen LogP contribution >= 0.6 is 23.1 Å². The maximum Gasteiger partial charge on any atom is 0.230 e. The predicted molar refractivity (Wildman–Crippen MR) is 128 cm³/mol. The van der Waals surface area contributed by atoms with Gasteiger partial charge in [-0.05, 0) is 49.1 Å². The summed E-state index contributed by atoms with van der Waals surface area (Å²) < 4.78 is 2.14. The Bertz CT molecular complexity index is 1310. The van der Waals surface area contributed by atoms with E-state index in [1.807, 2.05) is 41.7 Å². The molecule has 8 heteroatoms. The molecule has 0 aliphatic heterocycles. The van der Waals surface area contributed by atoms with E-state index >= 15 is 0 Å². The lowest BCUT2D eigenvalue weighted by Gasteiger charge is -2.17. The minimum atomic E-state index is -0.000451. The Balaban J connectivity index is 1.29. The van der Waals surface area contributed by atoms with Crippen LogP contribution in [0.4, 0.5) is 0 Å². The number of aromatic nitrogens is 4. The molecule has 0 bridgehead atoms. The molecule has 32 heavy (non-hydrogen) atoms. The minimum absolute atomic E-state index is 0.000451. The molecule has 164 valence electrons. The highest BCUT2D eigenvalue weighted by Crippen LogP contribution is 2.44. The molecule has 2 aliphatic rings. The van der Waals surface area contributed by atoms with Crippen molar-refractivity contribution in [2.24, 2.45) is 5.92 Å². The Morgan fingerprint density at radius 3 is 2.88 bits per heavy atom. The third-order valence-electron chi connectivity index (χ3n) is 6.40. The molecule has 1 atom stereocenters. The molecule has 0 unspecified atom stereocenters. The van der Waals surface area contributed by atoms with Crippen LogP contribution < -0.4 is 5.32 Å². The number of nitrogens with zero attached hydrogens (tertiary/aromatic N) is 4. The van der Waals surface area contributed by atoms with E-state index in [0.29, 0.717) is 18.2 Å².